The Morgan fingerprint density at radius 1 is 1.44 bits per heavy atom. The molecule has 0 amide bonds. The number of hydrogen-bond donors (Lipinski definition) is 1. The molecule has 1 aromatic heterocycles. The van der Waals surface area contributed by atoms with Gasteiger partial charge in [-0.15, -0.1) is 11.3 Å². The Morgan fingerprint density at radius 3 is 3.17 bits per heavy atom. The summed E-state index contributed by atoms with van der Waals surface area (Å²) in [7, 11) is 1.95. The summed E-state index contributed by atoms with van der Waals surface area (Å²) in [4.78, 5) is 1.23. The first-order valence-electron chi connectivity index (χ1n) is 5.96. The molecular weight excluding hydrogens is 246 g/mol. The molecule has 0 saturated heterocycles. The summed E-state index contributed by atoms with van der Waals surface area (Å²) < 4.78 is 11.4. The molecule has 0 saturated carbocycles. The fourth-order valence-corrected chi connectivity index (χ4v) is 2.68. The Labute approximate surface area is 110 Å². The van der Waals surface area contributed by atoms with Crippen molar-refractivity contribution in [3.63, 3.8) is 0 Å². The zero-order chi connectivity index (χ0) is 12.4. The quantitative estimate of drug-likeness (QED) is 0.917. The van der Waals surface area contributed by atoms with Crippen LogP contribution in [0.5, 0.6) is 11.5 Å². The molecule has 0 spiro atoms. The highest BCUT2D eigenvalue weighted by Crippen LogP contribution is 2.35. The number of thiophene rings is 1. The van der Waals surface area contributed by atoms with Crippen LogP contribution in [0, 0.1) is 0 Å². The van der Waals surface area contributed by atoms with Crippen LogP contribution in [0.25, 0.3) is 0 Å². The van der Waals surface area contributed by atoms with E-state index in [-0.39, 0.29) is 0 Å². The first-order chi connectivity index (χ1) is 8.86. The van der Waals surface area contributed by atoms with Gasteiger partial charge >= 0.3 is 0 Å². The van der Waals surface area contributed by atoms with Crippen molar-refractivity contribution in [3.8, 4) is 11.5 Å². The van der Waals surface area contributed by atoms with Gasteiger partial charge in [0.1, 0.15) is 24.7 Å². The third-order valence-electron chi connectivity index (χ3n) is 3.08. The number of rotatable bonds is 4. The van der Waals surface area contributed by atoms with E-state index in [0.29, 0.717) is 19.3 Å². The van der Waals surface area contributed by atoms with Gasteiger partial charge in [0.25, 0.3) is 0 Å². The van der Waals surface area contributed by atoms with E-state index >= 15 is 0 Å². The second-order valence-corrected chi connectivity index (χ2v) is 5.25. The summed E-state index contributed by atoms with van der Waals surface area (Å²) in [5.74, 6) is 1.79. The first-order valence-corrected chi connectivity index (χ1v) is 6.84. The maximum Gasteiger partial charge on any atom is 0.127 e. The van der Waals surface area contributed by atoms with Gasteiger partial charge < -0.3 is 14.8 Å². The fourth-order valence-electron chi connectivity index (χ4n) is 2.07. The smallest absolute Gasteiger partial charge is 0.127 e. The van der Waals surface area contributed by atoms with Gasteiger partial charge in [0.15, 0.2) is 0 Å². The molecule has 1 aliphatic rings. The summed E-state index contributed by atoms with van der Waals surface area (Å²) in [5, 5.41) is 5.29. The van der Waals surface area contributed by atoms with Crippen LogP contribution in [0.15, 0.2) is 35.7 Å². The van der Waals surface area contributed by atoms with Crippen molar-refractivity contribution >= 4 is 11.3 Å². The number of likely N-dealkylation sites (N-methyl/N-ethyl adjacent to an activating group) is 1. The molecule has 1 unspecified atom stereocenters. The van der Waals surface area contributed by atoms with Crippen LogP contribution in [-0.2, 0) is 6.61 Å². The molecule has 2 aromatic rings. The van der Waals surface area contributed by atoms with Gasteiger partial charge in [-0.1, -0.05) is 6.07 Å². The normalized spacial score (nSPS) is 17.3. The topological polar surface area (TPSA) is 30.5 Å². The number of fused-ring (bicyclic) bond motifs is 1. The lowest BCUT2D eigenvalue weighted by Gasteiger charge is -2.08. The van der Waals surface area contributed by atoms with Gasteiger partial charge in [0, 0.05) is 16.5 Å². The SMILES string of the molecule is CNC1COc2cc(OCc3cccs3)ccc21. The summed E-state index contributed by atoms with van der Waals surface area (Å²) in [6.45, 7) is 1.31. The highest BCUT2D eigenvalue weighted by Gasteiger charge is 2.22. The maximum absolute atomic E-state index is 5.75. The average Bonchev–Trinajstić information content (AvgIpc) is 3.05. The van der Waals surface area contributed by atoms with Crippen molar-refractivity contribution in [1.82, 2.24) is 5.32 Å². The summed E-state index contributed by atoms with van der Waals surface area (Å²) >= 11 is 1.71. The molecular formula is C14H15NO2S. The minimum absolute atomic E-state index is 0.298. The molecule has 1 aromatic carbocycles. The Kier molecular flexibility index (Phi) is 3.21. The summed E-state index contributed by atoms with van der Waals surface area (Å²) in [6.07, 6.45) is 0. The van der Waals surface area contributed by atoms with E-state index < -0.39 is 0 Å². The molecule has 18 heavy (non-hydrogen) atoms. The van der Waals surface area contributed by atoms with Crippen molar-refractivity contribution in [3.05, 3.63) is 46.2 Å². The van der Waals surface area contributed by atoms with E-state index in [1.54, 1.807) is 11.3 Å². The number of ether oxygens (including phenoxy) is 2. The second-order valence-electron chi connectivity index (χ2n) is 4.22. The molecule has 3 rings (SSSR count). The third kappa shape index (κ3) is 2.21. The first kappa shape index (κ1) is 11.6. The summed E-state index contributed by atoms with van der Waals surface area (Å²) in [6, 6.07) is 10.5. The minimum Gasteiger partial charge on any atom is -0.491 e. The van der Waals surface area contributed by atoms with E-state index in [2.05, 4.69) is 22.8 Å². The largest absolute Gasteiger partial charge is 0.491 e. The van der Waals surface area contributed by atoms with Crippen LogP contribution in [0.2, 0.25) is 0 Å². The Bertz CT molecular complexity index is 525. The molecule has 94 valence electrons. The highest BCUT2D eigenvalue weighted by molar-refractivity contribution is 7.09. The molecule has 0 radical (unpaired) electrons. The van der Waals surface area contributed by atoms with E-state index in [0.717, 1.165) is 11.5 Å². The molecule has 1 atom stereocenters. The van der Waals surface area contributed by atoms with E-state index in [1.165, 1.54) is 10.4 Å². The highest BCUT2D eigenvalue weighted by atomic mass is 32.1. The van der Waals surface area contributed by atoms with Crippen LogP contribution in [0.3, 0.4) is 0 Å². The standard InChI is InChI=1S/C14H15NO2S/c1-15-13-9-17-14-7-10(4-5-12(13)14)16-8-11-3-2-6-18-11/h2-7,13,15H,8-9H2,1H3. The Morgan fingerprint density at radius 2 is 2.39 bits per heavy atom. The van der Waals surface area contributed by atoms with Crippen molar-refractivity contribution < 1.29 is 9.47 Å². The lowest BCUT2D eigenvalue weighted by Crippen LogP contribution is -2.17. The van der Waals surface area contributed by atoms with Crippen LogP contribution in [0.4, 0.5) is 0 Å². The van der Waals surface area contributed by atoms with Gasteiger partial charge in [0.05, 0.1) is 6.04 Å². The van der Waals surface area contributed by atoms with Gasteiger partial charge in [0.2, 0.25) is 0 Å². The lowest BCUT2D eigenvalue weighted by molar-refractivity contribution is 0.301. The van der Waals surface area contributed by atoms with Crippen LogP contribution < -0.4 is 14.8 Å². The zero-order valence-electron chi connectivity index (χ0n) is 10.2. The second kappa shape index (κ2) is 5.00. The predicted octanol–water partition coefficient (Wildman–Crippen LogP) is 2.98. The third-order valence-corrected chi connectivity index (χ3v) is 3.93. The van der Waals surface area contributed by atoms with Crippen molar-refractivity contribution in [2.75, 3.05) is 13.7 Å². The fraction of sp³-hybridized carbons (Fsp3) is 0.286. The molecule has 1 aliphatic heterocycles. The minimum atomic E-state index is 0.298. The van der Waals surface area contributed by atoms with E-state index in [1.807, 2.05) is 25.2 Å². The van der Waals surface area contributed by atoms with Gasteiger partial charge in [-0.3, -0.25) is 0 Å². The van der Waals surface area contributed by atoms with Crippen molar-refractivity contribution in [1.29, 1.82) is 0 Å². The van der Waals surface area contributed by atoms with Gasteiger partial charge in [-0.05, 0) is 30.6 Å². The van der Waals surface area contributed by atoms with Crippen LogP contribution in [0.1, 0.15) is 16.5 Å². The van der Waals surface area contributed by atoms with Crippen LogP contribution in [-0.4, -0.2) is 13.7 Å². The van der Waals surface area contributed by atoms with Crippen molar-refractivity contribution in [2.45, 2.75) is 12.6 Å². The monoisotopic (exact) mass is 261 g/mol. The molecule has 1 N–H and O–H groups in total. The van der Waals surface area contributed by atoms with E-state index in [9.17, 15) is 0 Å². The predicted molar refractivity (Wildman–Crippen MR) is 72.4 cm³/mol. The molecule has 3 nitrogen and oxygen atoms in total. The van der Waals surface area contributed by atoms with Crippen molar-refractivity contribution in [2.24, 2.45) is 0 Å². The Balaban J connectivity index is 1.71. The molecule has 4 heteroatoms. The van der Waals surface area contributed by atoms with Gasteiger partial charge in [-0.2, -0.15) is 0 Å². The molecule has 0 bridgehead atoms. The number of benzene rings is 1. The number of nitrogens with one attached hydrogen (secondary N) is 1. The molecule has 2 heterocycles. The number of hydrogen-bond acceptors (Lipinski definition) is 4. The maximum atomic E-state index is 5.75. The summed E-state index contributed by atoms with van der Waals surface area (Å²) in [5.41, 5.74) is 1.21. The lowest BCUT2D eigenvalue weighted by atomic mass is 10.1. The average molecular weight is 261 g/mol. The Hall–Kier alpha value is -1.52. The zero-order valence-corrected chi connectivity index (χ0v) is 11.0. The van der Waals surface area contributed by atoms with Gasteiger partial charge in [-0.25, -0.2) is 0 Å². The molecule has 0 fully saturated rings. The van der Waals surface area contributed by atoms with Crippen LogP contribution >= 0.6 is 11.3 Å². The molecule has 0 aliphatic carbocycles. The van der Waals surface area contributed by atoms with E-state index in [4.69, 9.17) is 9.47 Å².